The second-order valence-electron chi connectivity index (χ2n) is 5.03. The van der Waals surface area contributed by atoms with Gasteiger partial charge in [-0.3, -0.25) is 10.1 Å². The fraction of sp³-hybridized carbons (Fsp3) is 0.267. The standard InChI is InChI=1S/C15H14ClN3O2/c16-14-8-7-13(19(20)21)15(17-14)18-9-3-6-11-4-1-2-5-12(11)10-18/h1-2,4-5,7-8H,3,6,9-10H2. The third-order valence-corrected chi connectivity index (χ3v) is 3.88. The van der Waals surface area contributed by atoms with E-state index in [1.54, 1.807) is 0 Å². The van der Waals surface area contributed by atoms with Crippen LogP contribution in [0.15, 0.2) is 36.4 Å². The van der Waals surface area contributed by atoms with Gasteiger partial charge in [0.2, 0.25) is 5.82 Å². The van der Waals surface area contributed by atoms with Gasteiger partial charge in [-0.25, -0.2) is 4.98 Å². The van der Waals surface area contributed by atoms with Gasteiger partial charge in [-0.05, 0) is 30.0 Å². The molecule has 5 nitrogen and oxygen atoms in total. The fourth-order valence-electron chi connectivity index (χ4n) is 2.67. The van der Waals surface area contributed by atoms with E-state index in [1.807, 2.05) is 17.0 Å². The maximum Gasteiger partial charge on any atom is 0.311 e. The molecule has 1 aromatic heterocycles. The smallest absolute Gasteiger partial charge is 0.311 e. The highest BCUT2D eigenvalue weighted by atomic mass is 35.5. The molecule has 2 aromatic rings. The number of rotatable bonds is 2. The van der Waals surface area contributed by atoms with Crippen LogP contribution < -0.4 is 4.90 Å². The zero-order valence-corrected chi connectivity index (χ0v) is 12.1. The summed E-state index contributed by atoms with van der Waals surface area (Å²) in [4.78, 5) is 16.9. The van der Waals surface area contributed by atoms with Gasteiger partial charge in [0, 0.05) is 19.2 Å². The van der Waals surface area contributed by atoms with Crippen LogP contribution in [0.2, 0.25) is 5.15 Å². The van der Waals surface area contributed by atoms with E-state index in [0.717, 1.165) is 19.4 Å². The summed E-state index contributed by atoms with van der Waals surface area (Å²) in [5.74, 6) is 0.351. The molecule has 0 spiro atoms. The Labute approximate surface area is 127 Å². The van der Waals surface area contributed by atoms with Crippen molar-refractivity contribution in [2.24, 2.45) is 0 Å². The first-order valence-corrected chi connectivity index (χ1v) is 7.15. The lowest BCUT2D eigenvalue weighted by Crippen LogP contribution is -2.24. The predicted molar refractivity (Wildman–Crippen MR) is 81.7 cm³/mol. The summed E-state index contributed by atoms with van der Waals surface area (Å²) in [6, 6.07) is 11.1. The number of nitro groups is 1. The number of benzene rings is 1. The molecule has 0 radical (unpaired) electrons. The number of halogens is 1. The molecule has 1 aromatic carbocycles. The third-order valence-electron chi connectivity index (χ3n) is 3.67. The molecule has 0 aliphatic carbocycles. The molecule has 0 unspecified atom stereocenters. The second kappa shape index (κ2) is 5.69. The minimum atomic E-state index is -0.407. The highest BCUT2D eigenvalue weighted by Gasteiger charge is 2.24. The van der Waals surface area contributed by atoms with Crippen molar-refractivity contribution in [1.82, 2.24) is 4.98 Å². The van der Waals surface area contributed by atoms with Crippen LogP contribution in [-0.2, 0) is 13.0 Å². The van der Waals surface area contributed by atoms with Gasteiger partial charge in [0.1, 0.15) is 5.15 Å². The molecular weight excluding hydrogens is 290 g/mol. The van der Waals surface area contributed by atoms with Crippen molar-refractivity contribution in [3.8, 4) is 0 Å². The SMILES string of the molecule is O=[N+]([O-])c1ccc(Cl)nc1N1CCCc2ccccc2C1. The summed E-state index contributed by atoms with van der Waals surface area (Å²) < 4.78 is 0. The van der Waals surface area contributed by atoms with Gasteiger partial charge in [-0.2, -0.15) is 0 Å². The molecule has 0 saturated heterocycles. The van der Waals surface area contributed by atoms with E-state index in [0.29, 0.717) is 12.4 Å². The molecule has 3 rings (SSSR count). The van der Waals surface area contributed by atoms with Gasteiger partial charge < -0.3 is 4.90 Å². The summed E-state index contributed by atoms with van der Waals surface area (Å²) >= 11 is 5.92. The summed E-state index contributed by atoms with van der Waals surface area (Å²) in [6.45, 7) is 1.34. The first kappa shape index (κ1) is 13.8. The number of pyridine rings is 1. The van der Waals surface area contributed by atoms with Crippen LogP contribution in [0.4, 0.5) is 11.5 Å². The molecule has 0 atom stereocenters. The van der Waals surface area contributed by atoms with Crippen LogP contribution in [0.1, 0.15) is 17.5 Å². The van der Waals surface area contributed by atoms with E-state index < -0.39 is 4.92 Å². The van der Waals surface area contributed by atoms with Gasteiger partial charge in [0.25, 0.3) is 0 Å². The van der Waals surface area contributed by atoms with Crippen LogP contribution >= 0.6 is 11.6 Å². The highest BCUT2D eigenvalue weighted by Crippen LogP contribution is 2.31. The summed E-state index contributed by atoms with van der Waals surface area (Å²) in [5, 5.41) is 11.5. The average Bonchev–Trinajstić information content (AvgIpc) is 2.68. The maximum atomic E-state index is 11.2. The van der Waals surface area contributed by atoms with E-state index in [4.69, 9.17) is 11.6 Å². The van der Waals surface area contributed by atoms with Crippen molar-refractivity contribution in [1.29, 1.82) is 0 Å². The Bertz CT molecular complexity index is 690. The number of fused-ring (bicyclic) bond motifs is 1. The number of nitrogens with zero attached hydrogens (tertiary/aromatic N) is 3. The van der Waals surface area contributed by atoms with Crippen molar-refractivity contribution in [2.45, 2.75) is 19.4 Å². The number of hydrogen-bond acceptors (Lipinski definition) is 4. The Hall–Kier alpha value is -2.14. The molecule has 0 amide bonds. The Morgan fingerprint density at radius 1 is 1.19 bits per heavy atom. The number of hydrogen-bond donors (Lipinski definition) is 0. The molecule has 0 saturated carbocycles. The van der Waals surface area contributed by atoms with E-state index in [9.17, 15) is 10.1 Å². The van der Waals surface area contributed by atoms with E-state index in [2.05, 4.69) is 17.1 Å². The minimum Gasteiger partial charge on any atom is -0.347 e. The molecule has 108 valence electrons. The predicted octanol–water partition coefficient (Wildman–Crippen LogP) is 3.60. The number of anilines is 1. The third kappa shape index (κ3) is 2.83. The van der Waals surface area contributed by atoms with Crippen LogP contribution in [-0.4, -0.2) is 16.5 Å². The Morgan fingerprint density at radius 2 is 1.95 bits per heavy atom. The Balaban J connectivity index is 2.01. The summed E-state index contributed by atoms with van der Waals surface area (Å²) in [7, 11) is 0. The van der Waals surface area contributed by atoms with Gasteiger partial charge in [-0.1, -0.05) is 35.9 Å². The van der Waals surface area contributed by atoms with Crippen LogP contribution in [0.5, 0.6) is 0 Å². The quantitative estimate of drug-likeness (QED) is 0.483. The molecule has 1 aliphatic heterocycles. The zero-order chi connectivity index (χ0) is 14.8. The summed E-state index contributed by atoms with van der Waals surface area (Å²) in [5.41, 5.74) is 2.48. The Kier molecular flexibility index (Phi) is 3.75. The van der Waals surface area contributed by atoms with Crippen molar-refractivity contribution >= 4 is 23.1 Å². The topological polar surface area (TPSA) is 59.3 Å². The van der Waals surface area contributed by atoms with E-state index in [1.165, 1.54) is 23.3 Å². The first-order valence-electron chi connectivity index (χ1n) is 6.78. The number of aryl methyl sites for hydroxylation is 1. The lowest BCUT2D eigenvalue weighted by Gasteiger charge is -2.21. The lowest BCUT2D eigenvalue weighted by molar-refractivity contribution is -0.384. The van der Waals surface area contributed by atoms with Crippen LogP contribution in [0.25, 0.3) is 0 Å². The highest BCUT2D eigenvalue weighted by molar-refractivity contribution is 6.29. The van der Waals surface area contributed by atoms with Gasteiger partial charge in [0.05, 0.1) is 4.92 Å². The molecule has 0 bridgehead atoms. The largest absolute Gasteiger partial charge is 0.347 e. The van der Waals surface area contributed by atoms with E-state index in [-0.39, 0.29) is 10.8 Å². The molecule has 6 heteroatoms. The van der Waals surface area contributed by atoms with Crippen molar-refractivity contribution in [3.05, 3.63) is 62.8 Å². The fourth-order valence-corrected chi connectivity index (χ4v) is 2.82. The average molecular weight is 304 g/mol. The van der Waals surface area contributed by atoms with Gasteiger partial charge in [0.15, 0.2) is 0 Å². The summed E-state index contributed by atoms with van der Waals surface area (Å²) in [6.07, 6.45) is 1.91. The normalized spacial score (nSPS) is 14.4. The van der Waals surface area contributed by atoms with Crippen molar-refractivity contribution in [3.63, 3.8) is 0 Å². The van der Waals surface area contributed by atoms with Gasteiger partial charge in [-0.15, -0.1) is 0 Å². The Morgan fingerprint density at radius 3 is 2.71 bits per heavy atom. The molecule has 0 fully saturated rings. The molecular formula is C15H14ClN3O2. The van der Waals surface area contributed by atoms with Gasteiger partial charge >= 0.3 is 5.69 Å². The molecule has 1 aliphatic rings. The molecule has 0 N–H and O–H groups in total. The van der Waals surface area contributed by atoms with Crippen LogP contribution in [0.3, 0.4) is 0 Å². The lowest BCUT2D eigenvalue weighted by atomic mass is 10.0. The molecule has 2 heterocycles. The first-order chi connectivity index (χ1) is 10.1. The maximum absolute atomic E-state index is 11.2. The van der Waals surface area contributed by atoms with Crippen molar-refractivity contribution in [2.75, 3.05) is 11.4 Å². The number of aromatic nitrogens is 1. The van der Waals surface area contributed by atoms with Crippen molar-refractivity contribution < 1.29 is 4.92 Å². The molecule has 21 heavy (non-hydrogen) atoms. The minimum absolute atomic E-state index is 0.00113. The van der Waals surface area contributed by atoms with Crippen LogP contribution in [0, 0.1) is 10.1 Å². The monoisotopic (exact) mass is 303 g/mol. The zero-order valence-electron chi connectivity index (χ0n) is 11.3. The van der Waals surface area contributed by atoms with E-state index >= 15 is 0 Å². The second-order valence-corrected chi connectivity index (χ2v) is 5.41.